The number of hydrogen-bond acceptors (Lipinski definition) is 5. The zero-order valence-electron chi connectivity index (χ0n) is 12.8. The van der Waals surface area contributed by atoms with Gasteiger partial charge in [-0.1, -0.05) is 42.5 Å². The second-order valence-corrected chi connectivity index (χ2v) is 5.05. The standard InChI is InChI=1S/C18H17N3O2/c1-3-15(18-21-20-13(2)23-18)16-10-7-11-17(19-16)22-12-14-8-5-4-6-9-14/h3-11,15H,1,12H2,2H3. The summed E-state index contributed by atoms with van der Waals surface area (Å²) in [5, 5.41) is 7.90. The summed E-state index contributed by atoms with van der Waals surface area (Å²) in [5.74, 6) is 1.29. The van der Waals surface area contributed by atoms with Crippen molar-refractivity contribution in [3.8, 4) is 5.88 Å². The number of rotatable bonds is 6. The van der Waals surface area contributed by atoms with Crippen molar-refractivity contribution in [3.63, 3.8) is 0 Å². The van der Waals surface area contributed by atoms with Gasteiger partial charge in [0.05, 0.1) is 11.6 Å². The Labute approximate surface area is 134 Å². The van der Waals surface area contributed by atoms with E-state index in [2.05, 4.69) is 21.8 Å². The van der Waals surface area contributed by atoms with Crippen molar-refractivity contribution in [3.05, 3.63) is 84.2 Å². The van der Waals surface area contributed by atoms with E-state index >= 15 is 0 Å². The summed E-state index contributed by atoms with van der Waals surface area (Å²) in [5.41, 5.74) is 1.85. The maximum absolute atomic E-state index is 5.76. The van der Waals surface area contributed by atoms with E-state index in [0.29, 0.717) is 24.3 Å². The molecular weight excluding hydrogens is 290 g/mol. The second-order valence-electron chi connectivity index (χ2n) is 5.05. The lowest BCUT2D eigenvalue weighted by Crippen LogP contribution is -2.03. The van der Waals surface area contributed by atoms with Gasteiger partial charge in [0.15, 0.2) is 0 Å². The molecule has 0 radical (unpaired) electrons. The molecule has 1 unspecified atom stereocenters. The van der Waals surface area contributed by atoms with E-state index in [1.807, 2.05) is 48.5 Å². The van der Waals surface area contributed by atoms with Crippen LogP contribution in [0.2, 0.25) is 0 Å². The number of allylic oxidation sites excluding steroid dienone is 1. The van der Waals surface area contributed by atoms with E-state index in [4.69, 9.17) is 9.15 Å². The average molecular weight is 307 g/mol. The first-order valence-corrected chi connectivity index (χ1v) is 7.32. The van der Waals surface area contributed by atoms with Gasteiger partial charge in [-0.25, -0.2) is 4.98 Å². The molecule has 0 amide bonds. The molecule has 3 aromatic rings. The molecule has 2 heterocycles. The van der Waals surface area contributed by atoms with Crippen molar-refractivity contribution in [2.75, 3.05) is 0 Å². The Morgan fingerprint density at radius 1 is 1.13 bits per heavy atom. The number of pyridine rings is 1. The fourth-order valence-electron chi connectivity index (χ4n) is 2.20. The molecule has 23 heavy (non-hydrogen) atoms. The Hall–Kier alpha value is -2.95. The molecule has 2 aromatic heterocycles. The Kier molecular flexibility index (Phi) is 4.47. The first kappa shape index (κ1) is 15.0. The van der Waals surface area contributed by atoms with Crippen molar-refractivity contribution < 1.29 is 9.15 Å². The molecule has 116 valence electrons. The highest BCUT2D eigenvalue weighted by Crippen LogP contribution is 2.24. The SMILES string of the molecule is C=CC(c1cccc(OCc2ccccc2)n1)c1nnc(C)o1. The molecule has 0 bridgehead atoms. The average Bonchev–Trinajstić information content (AvgIpc) is 3.01. The van der Waals surface area contributed by atoms with Gasteiger partial charge in [0.1, 0.15) is 6.61 Å². The monoisotopic (exact) mass is 307 g/mol. The van der Waals surface area contributed by atoms with Crippen molar-refractivity contribution in [1.82, 2.24) is 15.2 Å². The summed E-state index contributed by atoms with van der Waals surface area (Å²) in [7, 11) is 0. The Morgan fingerprint density at radius 2 is 1.96 bits per heavy atom. The lowest BCUT2D eigenvalue weighted by Gasteiger charge is -2.10. The van der Waals surface area contributed by atoms with Crippen LogP contribution in [0.4, 0.5) is 0 Å². The maximum Gasteiger partial charge on any atom is 0.229 e. The molecule has 1 aromatic carbocycles. The van der Waals surface area contributed by atoms with Crippen molar-refractivity contribution in [1.29, 1.82) is 0 Å². The fourth-order valence-corrected chi connectivity index (χ4v) is 2.20. The van der Waals surface area contributed by atoms with Crippen LogP contribution in [0.25, 0.3) is 0 Å². The predicted molar refractivity (Wildman–Crippen MR) is 86.1 cm³/mol. The number of benzene rings is 1. The van der Waals surface area contributed by atoms with E-state index in [-0.39, 0.29) is 5.92 Å². The van der Waals surface area contributed by atoms with Gasteiger partial charge in [-0.15, -0.1) is 16.8 Å². The van der Waals surface area contributed by atoms with E-state index in [1.165, 1.54) is 0 Å². The van der Waals surface area contributed by atoms with E-state index < -0.39 is 0 Å². The summed E-state index contributed by atoms with van der Waals surface area (Å²) in [4.78, 5) is 4.52. The summed E-state index contributed by atoms with van der Waals surface area (Å²) < 4.78 is 11.2. The first-order chi connectivity index (χ1) is 11.3. The predicted octanol–water partition coefficient (Wildman–Crippen LogP) is 3.67. The zero-order chi connectivity index (χ0) is 16.1. The van der Waals surface area contributed by atoms with Crippen LogP contribution in [0, 0.1) is 6.92 Å². The van der Waals surface area contributed by atoms with Gasteiger partial charge in [0, 0.05) is 13.0 Å². The topological polar surface area (TPSA) is 61.0 Å². The molecule has 0 N–H and O–H groups in total. The van der Waals surface area contributed by atoms with E-state index in [1.54, 1.807) is 13.0 Å². The number of aromatic nitrogens is 3. The molecule has 5 heteroatoms. The van der Waals surface area contributed by atoms with Crippen LogP contribution in [0.5, 0.6) is 5.88 Å². The minimum absolute atomic E-state index is 0.253. The Morgan fingerprint density at radius 3 is 2.65 bits per heavy atom. The number of nitrogens with zero attached hydrogens (tertiary/aromatic N) is 3. The lowest BCUT2D eigenvalue weighted by molar-refractivity contribution is 0.292. The van der Waals surface area contributed by atoms with Crippen molar-refractivity contribution in [2.45, 2.75) is 19.4 Å². The first-order valence-electron chi connectivity index (χ1n) is 7.32. The smallest absolute Gasteiger partial charge is 0.229 e. The van der Waals surface area contributed by atoms with Gasteiger partial charge in [-0.3, -0.25) is 0 Å². The molecule has 3 rings (SSSR count). The molecule has 5 nitrogen and oxygen atoms in total. The summed E-state index contributed by atoms with van der Waals surface area (Å²) in [6.45, 7) is 6.06. The van der Waals surface area contributed by atoms with Crippen LogP contribution in [0.1, 0.15) is 29.0 Å². The molecule has 0 aliphatic rings. The van der Waals surface area contributed by atoms with Crippen LogP contribution in [0.15, 0.2) is 65.6 Å². The van der Waals surface area contributed by atoms with Gasteiger partial charge in [-0.05, 0) is 11.6 Å². The lowest BCUT2D eigenvalue weighted by atomic mass is 10.1. The van der Waals surface area contributed by atoms with Gasteiger partial charge in [0.2, 0.25) is 17.7 Å². The van der Waals surface area contributed by atoms with Crippen molar-refractivity contribution in [2.24, 2.45) is 0 Å². The van der Waals surface area contributed by atoms with Crippen molar-refractivity contribution >= 4 is 0 Å². The van der Waals surface area contributed by atoms with Crippen LogP contribution < -0.4 is 4.74 Å². The molecule has 0 spiro atoms. The molecular formula is C18H17N3O2. The van der Waals surface area contributed by atoms with Crippen LogP contribution in [-0.4, -0.2) is 15.2 Å². The molecule has 0 saturated carbocycles. The molecule has 0 saturated heterocycles. The molecule has 0 aliphatic heterocycles. The van der Waals surface area contributed by atoms with Crippen LogP contribution in [0.3, 0.4) is 0 Å². The highest BCUT2D eigenvalue weighted by Gasteiger charge is 2.18. The Balaban J connectivity index is 1.77. The van der Waals surface area contributed by atoms with E-state index in [0.717, 1.165) is 11.3 Å². The Bertz CT molecular complexity index is 784. The zero-order valence-corrected chi connectivity index (χ0v) is 12.8. The van der Waals surface area contributed by atoms with Gasteiger partial charge >= 0.3 is 0 Å². The van der Waals surface area contributed by atoms with Crippen LogP contribution >= 0.6 is 0 Å². The second kappa shape index (κ2) is 6.87. The normalized spacial score (nSPS) is 11.9. The molecule has 0 fully saturated rings. The van der Waals surface area contributed by atoms with Gasteiger partial charge in [-0.2, -0.15) is 0 Å². The maximum atomic E-state index is 5.76. The minimum Gasteiger partial charge on any atom is -0.473 e. The van der Waals surface area contributed by atoms with Gasteiger partial charge < -0.3 is 9.15 Å². The quantitative estimate of drug-likeness (QED) is 0.650. The summed E-state index contributed by atoms with van der Waals surface area (Å²) >= 11 is 0. The van der Waals surface area contributed by atoms with Gasteiger partial charge in [0.25, 0.3) is 0 Å². The highest BCUT2D eigenvalue weighted by molar-refractivity contribution is 5.26. The summed E-state index contributed by atoms with van der Waals surface area (Å²) in [6, 6.07) is 15.6. The third-order valence-corrected chi connectivity index (χ3v) is 3.34. The minimum atomic E-state index is -0.253. The highest BCUT2D eigenvalue weighted by atomic mass is 16.5. The third-order valence-electron chi connectivity index (χ3n) is 3.34. The largest absolute Gasteiger partial charge is 0.473 e. The van der Waals surface area contributed by atoms with Crippen LogP contribution in [-0.2, 0) is 6.61 Å². The summed E-state index contributed by atoms with van der Waals surface area (Å²) in [6.07, 6.45) is 1.73. The fraction of sp³-hybridized carbons (Fsp3) is 0.167. The molecule has 0 aliphatic carbocycles. The molecule has 1 atom stereocenters. The number of hydrogen-bond donors (Lipinski definition) is 0. The number of ether oxygens (including phenoxy) is 1. The third kappa shape index (κ3) is 3.63. The number of aryl methyl sites for hydroxylation is 1. The van der Waals surface area contributed by atoms with E-state index in [9.17, 15) is 0 Å².